The first-order valence-corrected chi connectivity index (χ1v) is 11.6. The lowest BCUT2D eigenvalue weighted by Gasteiger charge is -2.32. The predicted molar refractivity (Wildman–Crippen MR) is 126 cm³/mol. The van der Waals surface area contributed by atoms with Gasteiger partial charge in [0.25, 0.3) is 5.69 Å². The van der Waals surface area contributed by atoms with Crippen molar-refractivity contribution in [3.63, 3.8) is 0 Å². The summed E-state index contributed by atoms with van der Waals surface area (Å²) in [6, 6.07) is 13.6. The van der Waals surface area contributed by atoms with Gasteiger partial charge in [0, 0.05) is 52.4 Å². The number of benzene rings is 2. The zero-order valence-corrected chi connectivity index (χ0v) is 18.9. The average molecular weight is 480 g/mol. The van der Waals surface area contributed by atoms with Crippen LogP contribution >= 0.6 is 22.9 Å². The lowest BCUT2D eigenvalue weighted by atomic mass is 9.77. The fourth-order valence-corrected chi connectivity index (χ4v) is 5.27. The van der Waals surface area contributed by atoms with Gasteiger partial charge in [-0.2, -0.15) is 0 Å². The molecule has 5 rings (SSSR count). The third-order valence-electron chi connectivity index (χ3n) is 5.80. The quantitative estimate of drug-likeness (QED) is 0.373. The fraction of sp³-hybridized carbons (Fsp3) is 0.167. The van der Waals surface area contributed by atoms with Gasteiger partial charge in [-0.25, -0.2) is 4.98 Å². The van der Waals surface area contributed by atoms with E-state index >= 15 is 0 Å². The molecule has 1 aliphatic carbocycles. The van der Waals surface area contributed by atoms with Crippen LogP contribution in [0.5, 0.6) is 0 Å². The molecule has 2 heterocycles. The van der Waals surface area contributed by atoms with Crippen LogP contribution in [0, 0.1) is 10.1 Å². The van der Waals surface area contributed by atoms with Crippen molar-refractivity contribution in [3.05, 3.63) is 96.8 Å². The maximum atomic E-state index is 13.0. The molecule has 2 aromatic carbocycles. The molecule has 2 N–H and O–H groups in total. The highest BCUT2D eigenvalue weighted by Crippen LogP contribution is 2.48. The monoisotopic (exact) mass is 479 g/mol. The highest BCUT2D eigenvalue weighted by Gasteiger charge is 2.39. The fourth-order valence-electron chi connectivity index (χ4n) is 4.24. The second kappa shape index (κ2) is 8.46. The molecule has 0 saturated heterocycles. The van der Waals surface area contributed by atoms with E-state index in [1.54, 1.807) is 24.3 Å². The van der Waals surface area contributed by atoms with E-state index in [0.29, 0.717) is 46.2 Å². The smallest absolute Gasteiger partial charge is 0.269 e. The number of nitro benzene ring substituents is 1. The number of nitrogens with two attached hydrogens (primary N) is 1. The first-order valence-electron chi connectivity index (χ1n) is 10.3. The number of carbonyl (C=O) groups excluding carboxylic acids is 1. The number of aromatic nitrogens is 1. The van der Waals surface area contributed by atoms with Crippen molar-refractivity contribution in [2.45, 2.75) is 25.2 Å². The van der Waals surface area contributed by atoms with Gasteiger partial charge in [-0.3, -0.25) is 14.9 Å². The van der Waals surface area contributed by atoms with Crippen molar-refractivity contribution >= 4 is 40.0 Å². The van der Waals surface area contributed by atoms with Crippen molar-refractivity contribution in [3.8, 4) is 11.3 Å². The molecular formula is C24H18ClN3O4S. The van der Waals surface area contributed by atoms with Gasteiger partial charge >= 0.3 is 0 Å². The summed E-state index contributed by atoms with van der Waals surface area (Å²) in [4.78, 5) is 28.5. The summed E-state index contributed by atoms with van der Waals surface area (Å²) in [6.07, 6.45) is 1.74. The minimum absolute atomic E-state index is 0.000849. The van der Waals surface area contributed by atoms with Crippen LogP contribution in [0.2, 0.25) is 5.02 Å². The first-order chi connectivity index (χ1) is 15.9. The standard InChI is InChI=1S/C24H18ClN3O4S/c25-15-8-4-13(5-9-15)17-12-33-24(27-17)22-20(14-6-10-16(11-7-14)28(30)31)21-18(29)2-1-3-19(21)32-23(22)26/h4-12,20H,1-3,26H2. The molecule has 0 radical (unpaired) electrons. The van der Waals surface area contributed by atoms with Crippen LogP contribution in [0.25, 0.3) is 16.8 Å². The van der Waals surface area contributed by atoms with Crippen molar-refractivity contribution in [1.82, 2.24) is 4.98 Å². The zero-order chi connectivity index (χ0) is 23.1. The van der Waals surface area contributed by atoms with E-state index in [1.807, 2.05) is 17.5 Å². The molecule has 1 aromatic heterocycles. The largest absolute Gasteiger partial charge is 0.445 e. The number of non-ortho nitro benzene ring substituents is 1. The normalized spacial score (nSPS) is 18.2. The van der Waals surface area contributed by atoms with Crippen LogP contribution in [0.3, 0.4) is 0 Å². The molecule has 166 valence electrons. The second-order valence-corrected chi connectivity index (χ2v) is 9.11. The number of thiazole rings is 1. The summed E-state index contributed by atoms with van der Waals surface area (Å²) < 4.78 is 5.93. The average Bonchev–Trinajstić information content (AvgIpc) is 3.28. The van der Waals surface area contributed by atoms with Gasteiger partial charge < -0.3 is 10.5 Å². The van der Waals surface area contributed by atoms with Crippen molar-refractivity contribution in [1.29, 1.82) is 0 Å². The van der Waals surface area contributed by atoms with E-state index < -0.39 is 10.8 Å². The van der Waals surface area contributed by atoms with E-state index in [4.69, 9.17) is 27.1 Å². The minimum Gasteiger partial charge on any atom is -0.445 e. The molecule has 1 unspecified atom stereocenters. The molecule has 0 bridgehead atoms. The number of allylic oxidation sites excluding steroid dienone is 3. The Morgan fingerprint density at radius 3 is 2.52 bits per heavy atom. The number of nitrogens with zero attached hydrogens (tertiary/aromatic N) is 2. The van der Waals surface area contributed by atoms with E-state index in [2.05, 4.69) is 0 Å². The maximum absolute atomic E-state index is 13.0. The lowest BCUT2D eigenvalue weighted by molar-refractivity contribution is -0.384. The van der Waals surface area contributed by atoms with Gasteiger partial charge in [0.1, 0.15) is 10.8 Å². The molecule has 7 nitrogen and oxygen atoms in total. The Hall–Kier alpha value is -3.49. The molecule has 1 aliphatic heterocycles. The summed E-state index contributed by atoms with van der Waals surface area (Å²) in [5.41, 5.74) is 9.91. The molecule has 0 spiro atoms. The minimum atomic E-state index is -0.508. The van der Waals surface area contributed by atoms with Gasteiger partial charge in [0.15, 0.2) is 11.7 Å². The van der Waals surface area contributed by atoms with Crippen LogP contribution in [-0.4, -0.2) is 15.7 Å². The summed E-state index contributed by atoms with van der Waals surface area (Å²) >= 11 is 7.41. The molecule has 3 aromatic rings. The van der Waals surface area contributed by atoms with Crippen molar-refractivity contribution in [2.75, 3.05) is 0 Å². The van der Waals surface area contributed by atoms with Crippen molar-refractivity contribution < 1.29 is 14.5 Å². The third kappa shape index (κ3) is 3.92. The Labute approximate surface area is 198 Å². The third-order valence-corrected chi connectivity index (χ3v) is 6.92. The van der Waals surface area contributed by atoms with Gasteiger partial charge in [-0.1, -0.05) is 35.9 Å². The Morgan fingerprint density at radius 2 is 1.82 bits per heavy atom. The topological polar surface area (TPSA) is 108 Å². The summed E-state index contributed by atoms with van der Waals surface area (Å²) in [5, 5.41) is 14.3. The van der Waals surface area contributed by atoms with Gasteiger partial charge in [0.2, 0.25) is 0 Å². The van der Waals surface area contributed by atoms with E-state index in [-0.39, 0.29) is 17.4 Å². The summed E-state index contributed by atoms with van der Waals surface area (Å²) in [7, 11) is 0. The number of hydrogen-bond acceptors (Lipinski definition) is 7. The molecule has 2 aliphatic rings. The first kappa shape index (κ1) is 21.4. The van der Waals surface area contributed by atoms with Crippen LogP contribution in [0.4, 0.5) is 5.69 Å². The number of rotatable bonds is 4. The summed E-state index contributed by atoms with van der Waals surface area (Å²) in [5.74, 6) is 0.264. The highest BCUT2D eigenvalue weighted by atomic mass is 35.5. The zero-order valence-electron chi connectivity index (χ0n) is 17.3. The molecule has 33 heavy (non-hydrogen) atoms. The Morgan fingerprint density at radius 1 is 1.09 bits per heavy atom. The SMILES string of the molecule is NC1=C(c2nc(-c3ccc(Cl)cc3)cs2)C(c2ccc([N+](=O)[O-])cc2)C2=C(CCCC2=O)O1. The molecule has 0 saturated carbocycles. The van der Waals surface area contributed by atoms with Crippen molar-refractivity contribution in [2.24, 2.45) is 5.73 Å². The molecule has 9 heteroatoms. The molecule has 0 amide bonds. The predicted octanol–water partition coefficient (Wildman–Crippen LogP) is 5.82. The van der Waals surface area contributed by atoms with Crippen LogP contribution < -0.4 is 5.73 Å². The Balaban J connectivity index is 1.62. The highest BCUT2D eigenvalue weighted by molar-refractivity contribution is 7.11. The number of ketones is 1. The number of hydrogen-bond donors (Lipinski definition) is 1. The summed E-state index contributed by atoms with van der Waals surface area (Å²) in [6.45, 7) is 0. The lowest BCUT2D eigenvalue weighted by Crippen LogP contribution is -2.27. The second-order valence-electron chi connectivity index (χ2n) is 7.82. The molecule has 0 fully saturated rings. The molecular weight excluding hydrogens is 462 g/mol. The van der Waals surface area contributed by atoms with Crippen LogP contribution in [-0.2, 0) is 9.53 Å². The van der Waals surface area contributed by atoms with E-state index in [9.17, 15) is 14.9 Å². The van der Waals surface area contributed by atoms with E-state index in [0.717, 1.165) is 16.8 Å². The number of carbonyl (C=O) groups is 1. The van der Waals surface area contributed by atoms with Gasteiger partial charge in [-0.15, -0.1) is 11.3 Å². The van der Waals surface area contributed by atoms with Crippen LogP contribution in [0.15, 0.2) is 71.1 Å². The maximum Gasteiger partial charge on any atom is 0.269 e. The van der Waals surface area contributed by atoms with Gasteiger partial charge in [-0.05, 0) is 24.1 Å². The number of ether oxygens (including phenoxy) is 1. The number of nitro groups is 1. The Bertz CT molecular complexity index is 1330. The van der Waals surface area contributed by atoms with Gasteiger partial charge in [0.05, 0.1) is 16.2 Å². The Kier molecular flexibility index (Phi) is 5.47. The molecule has 1 atom stereocenters. The van der Waals surface area contributed by atoms with E-state index in [1.165, 1.54) is 23.5 Å². The van der Waals surface area contributed by atoms with Crippen LogP contribution in [0.1, 0.15) is 35.8 Å². The number of Topliss-reactive ketones (excluding diaryl/α,β-unsaturated/α-hetero) is 1. The number of halogens is 1.